The van der Waals surface area contributed by atoms with Gasteiger partial charge in [0.2, 0.25) is 11.8 Å². The summed E-state index contributed by atoms with van der Waals surface area (Å²) in [6.45, 7) is 5.95. The third-order valence-electron chi connectivity index (χ3n) is 3.48. The first kappa shape index (κ1) is 15.0. The molecule has 1 aliphatic rings. The Labute approximate surface area is 119 Å². The highest BCUT2D eigenvalue weighted by molar-refractivity contribution is 5.76. The number of nitrogens with one attached hydrogen (secondary N) is 1. The smallest absolute Gasteiger partial charge is 0.249 e. The van der Waals surface area contributed by atoms with Crippen LogP contribution in [0.2, 0.25) is 0 Å². The van der Waals surface area contributed by atoms with Gasteiger partial charge in [-0.1, -0.05) is 19.0 Å². The fourth-order valence-electron chi connectivity index (χ4n) is 2.00. The van der Waals surface area contributed by atoms with E-state index in [9.17, 15) is 4.79 Å². The summed E-state index contributed by atoms with van der Waals surface area (Å²) in [7, 11) is 0. The van der Waals surface area contributed by atoms with Crippen molar-refractivity contribution in [2.45, 2.75) is 64.5 Å². The maximum absolute atomic E-state index is 11.9. The monoisotopic (exact) mass is 280 g/mol. The van der Waals surface area contributed by atoms with E-state index in [2.05, 4.69) is 15.5 Å². The number of aromatic nitrogens is 2. The van der Waals surface area contributed by atoms with Crippen LogP contribution in [0.4, 0.5) is 0 Å². The zero-order chi connectivity index (χ0) is 14.7. The zero-order valence-corrected chi connectivity index (χ0v) is 12.4. The first-order valence-corrected chi connectivity index (χ1v) is 7.35. The Morgan fingerprint density at radius 3 is 2.70 bits per heavy atom. The molecule has 0 bridgehead atoms. The number of carbonyl (C=O) groups excluding carboxylic acids is 1. The van der Waals surface area contributed by atoms with E-state index in [1.807, 2.05) is 20.8 Å². The molecule has 2 atom stereocenters. The molecule has 1 amide bonds. The third kappa shape index (κ3) is 4.03. The first-order valence-electron chi connectivity index (χ1n) is 7.35. The summed E-state index contributed by atoms with van der Waals surface area (Å²) in [5.41, 5.74) is 5.67. The molecule has 1 aromatic rings. The first-order chi connectivity index (χ1) is 9.47. The van der Waals surface area contributed by atoms with Gasteiger partial charge in [0.15, 0.2) is 5.82 Å². The molecule has 2 unspecified atom stereocenters. The van der Waals surface area contributed by atoms with Crippen LogP contribution in [0.3, 0.4) is 0 Å². The number of amides is 1. The molecule has 112 valence electrons. The molecule has 3 N–H and O–H groups in total. The minimum Gasteiger partial charge on any atom is -0.344 e. The molecule has 6 heteroatoms. The molecular weight excluding hydrogens is 256 g/mol. The van der Waals surface area contributed by atoms with E-state index in [1.165, 1.54) is 0 Å². The van der Waals surface area contributed by atoms with E-state index < -0.39 is 0 Å². The molecule has 0 radical (unpaired) electrons. The van der Waals surface area contributed by atoms with E-state index in [4.69, 9.17) is 10.3 Å². The average Bonchev–Trinajstić information content (AvgIpc) is 3.12. The summed E-state index contributed by atoms with van der Waals surface area (Å²) in [6, 6.07) is -0.196. The van der Waals surface area contributed by atoms with Crippen molar-refractivity contribution >= 4 is 5.91 Å². The predicted molar refractivity (Wildman–Crippen MR) is 74.9 cm³/mol. The highest BCUT2D eigenvalue weighted by atomic mass is 16.5. The number of hydrogen-bond donors (Lipinski definition) is 2. The third-order valence-corrected chi connectivity index (χ3v) is 3.48. The molecule has 1 aromatic heterocycles. The predicted octanol–water partition coefficient (Wildman–Crippen LogP) is 1.89. The fraction of sp³-hybridized carbons (Fsp3) is 0.786. The zero-order valence-electron chi connectivity index (χ0n) is 12.4. The van der Waals surface area contributed by atoms with Gasteiger partial charge in [-0.3, -0.25) is 4.79 Å². The Morgan fingerprint density at radius 1 is 1.45 bits per heavy atom. The summed E-state index contributed by atoms with van der Waals surface area (Å²) in [6.07, 6.45) is 3.36. The number of hydrogen-bond acceptors (Lipinski definition) is 5. The molecule has 0 saturated heterocycles. The molecule has 1 fully saturated rings. The van der Waals surface area contributed by atoms with Crippen LogP contribution in [-0.2, 0) is 4.79 Å². The van der Waals surface area contributed by atoms with Crippen LogP contribution in [-0.4, -0.2) is 22.1 Å². The van der Waals surface area contributed by atoms with Gasteiger partial charge in [0.1, 0.15) is 6.04 Å². The van der Waals surface area contributed by atoms with Crippen molar-refractivity contribution in [3.63, 3.8) is 0 Å². The Kier molecular flexibility index (Phi) is 4.75. The summed E-state index contributed by atoms with van der Waals surface area (Å²) in [5, 5.41) is 6.98. The minimum atomic E-state index is -0.226. The Balaban J connectivity index is 1.96. The van der Waals surface area contributed by atoms with Crippen LogP contribution in [0.5, 0.6) is 0 Å². The Morgan fingerprint density at radius 2 is 2.15 bits per heavy atom. The highest BCUT2D eigenvalue weighted by Crippen LogP contribution is 2.38. The van der Waals surface area contributed by atoms with Crippen LogP contribution >= 0.6 is 0 Å². The Hall–Kier alpha value is -1.43. The van der Waals surface area contributed by atoms with Crippen LogP contribution in [0.25, 0.3) is 0 Å². The van der Waals surface area contributed by atoms with E-state index in [1.54, 1.807) is 0 Å². The molecule has 0 aromatic carbocycles. The molecule has 1 heterocycles. The van der Waals surface area contributed by atoms with Crippen LogP contribution in [0, 0.1) is 5.92 Å². The largest absolute Gasteiger partial charge is 0.344 e. The van der Waals surface area contributed by atoms with E-state index in [0.717, 1.165) is 18.7 Å². The number of rotatable bonds is 7. The van der Waals surface area contributed by atoms with Gasteiger partial charge in [-0.15, -0.1) is 0 Å². The minimum absolute atomic E-state index is 0.0211. The van der Waals surface area contributed by atoms with Crippen LogP contribution < -0.4 is 11.1 Å². The van der Waals surface area contributed by atoms with E-state index >= 15 is 0 Å². The van der Waals surface area contributed by atoms with Gasteiger partial charge < -0.3 is 15.6 Å². The number of carbonyl (C=O) groups is 1. The van der Waals surface area contributed by atoms with Gasteiger partial charge in [-0.05, 0) is 32.1 Å². The topological polar surface area (TPSA) is 94.0 Å². The van der Waals surface area contributed by atoms with Crippen molar-refractivity contribution in [1.82, 2.24) is 15.5 Å². The maximum atomic E-state index is 11.9. The van der Waals surface area contributed by atoms with Crippen molar-refractivity contribution < 1.29 is 9.32 Å². The lowest BCUT2D eigenvalue weighted by atomic mass is 10.0. The summed E-state index contributed by atoms with van der Waals surface area (Å²) in [4.78, 5) is 16.4. The quantitative estimate of drug-likeness (QED) is 0.795. The fourth-order valence-corrected chi connectivity index (χ4v) is 2.00. The maximum Gasteiger partial charge on any atom is 0.249 e. The van der Waals surface area contributed by atoms with Crippen molar-refractivity contribution in [3.05, 3.63) is 11.7 Å². The second-order valence-electron chi connectivity index (χ2n) is 6.07. The lowest BCUT2D eigenvalue weighted by molar-refractivity contribution is -0.122. The lowest BCUT2D eigenvalue weighted by Crippen LogP contribution is -2.32. The normalized spacial score (nSPS) is 18.1. The summed E-state index contributed by atoms with van der Waals surface area (Å²) in [5.74, 6) is 1.91. The summed E-state index contributed by atoms with van der Waals surface area (Å²) >= 11 is 0. The van der Waals surface area contributed by atoms with Gasteiger partial charge >= 0.3 is 0 Å². The summed E-state index contributed by atoms with van der Waals surface area (Å²) < 4.78 is 5.32. The van der Waals surface area contributed by atoms with Gasteiger partial charge in [0.05, 0.1) is 0 Å². The molecule has 20 heavy (non-hydrogen) atoms. The second kappa shape index (κ2) is 6.35. The molecule has 2 rings (SSSR count). The molecule has 6 nitrogen and oxygen atoms in total. The molecular formula is C14H24N4O2. The van der Waals surface area contributed by atoms with E-state index in [-0.39, 0.29) is 23.9 Å². The van der Waals surface area contributed by atoms with Crippen molar-refractivity contribution in [3.8, 4) is 0 Å². The molecule has 0 aliphatic heterocycles. The van der Waals surface area contributed by atoms with Gasteiger partial charge in [0.25, 0.3) is 0 Å². The average molecular weight is 280 g/mol. The van der Waals surface area contributed by atoms with Crippen molar-refractivity contribution in [2.75, 3.05) is 0 Å². The Bertz CT molecular complexity index is 452. The van der Waals surface area contributed by atoms with Gasteiger partial charge in [-0.25, -0.2) is 0 Å². The van der Waals surface area contributed by atoms with Gasteiger partial charge in [0, 0.05) is 18.4 Å². The highest BCUT2D eigenvalue weighted by Gasteiger charge is 2.31. The van der Waals surface area contributed by atoms with E-state index in [0.29, 0.717) is 24.7 Å². The molecule has 0 spiro atoms. The number of nitrogens with two attached hydrogens (primary N) is 1. The molecule has 1 aliphatic carbocycles. The lowest BCUT2D eigenvalue weighted by Gasteiger charge is -2.18. The second-order valence-corrected chi connectivity index (χ2v) is 6.07. The van der Waals surface area contributed by atoms with Crippen molar-refractivity contribution in [1.29, 1.82) is 0 Å². The van der Waals surface area contributed by atoms with Crippen LogP contribution in [0.15, 0.2) is 4.52 Å². The molecule has 1 saturated carbocycles. The van der Waals surface area contributed by atoms with Crippen molar-refractivity contribution in [2.24, 2.45) is 11.7 Å². The number of nitrogens with zero attached hydrogens (tertiary/aromatic N) is 2. The standard InChI is InChI=1S/C14H24N4O2/c1-8(2)12(16-11(19)7-4-9(3)15)14-17-13(18-20-14)10-5-6-10/h8-10,12H,4-7,15H2,1-3H3,(H,16,19). The van der Waals surface area contributed by atoms with Gasteiger partial charge in [-0.2, -0.15) is 4.98 Å². The SMILES string of the molecule is CC(N)CCC(=O)NC(c1nc(C2CC2)no1)C(C)C. The van der Waals surface area contributed by atoms with Crippen LogP contribution in [0.1, 0.15) is 70.1 Å².